The van der Waals surface area contributed by atoms with Gasteiger partial charge in [-0.3, -0.25) is 4.79 Å². The van der Waals surface area contributed by atoms with Crippen molar-refractivity contribution in [1.82, 2.24) is 9.38 Å². The number of nitrogens with zero attached hydrogens (tertiary/aromatic N) is 2. The minimum absolute atomic E-state index is 0.204. The van der Waals surface area contributed by atoms with Crippen LogP contribution in [0, 0.1) is 6.92 Å². The van der Waals surface area contributed by atoms with Gasteiger partial charge in [0.2, 0.25) is 0 Å². The highest BCUT2D eigenvalue weighted by atomic mass is 35.5. The molecule has 1 amide bonds. The molecule has 2 aromatic heterocycles. The molecular weight excluding hydrogens is 374 g/mol. The maximum Gasteiger partial charge on any atom is 0.255 e. The number of hydrogen-bond donors (Lipinski definition) is 1. The minimum Gasteiger partial charge on any atom is -0.487 e. The van der Waals surface area contributed by atoms with Gasteiger partial charge in [-0.05, 0) is 61.0 Å². The second kappa shape index (κ2) is 7.74. The van der Waals surface area contributed by atoms with E-state index in [1.165, 1.54) is 0 Å². The Morgan fingerprint density at radius 2 is 1.96 bits per heavy atom. The lowest BCUT2D eigenvalue weighted by Gasteiger charge is -2.07. The number of imidazole rings is 1. The summed E-state index contributed by atoms with van der Waals surface area (Å²) in [7, 11) is 0. The lowest BCUT2D eigenvalue weighted by atomic mass is 10.2. The van der Waals surface area contributed by atoms with Gasteiger partial charge in [0.05, 0.1) is 5.69 Å². The van der Waals surface area contributed by atoms with Crippen molar-refractivity contribution in [3.05, 3.63) is 94.9 Å². The fourth-order valence-corrected chi connectivity index (χ4v) is 3.09. The maximum absolute atomic E-state index is 12.3. The number of amides is 1. The predicted molar refractivity (Wildman–Crippen MR) is 110 cm³/mol. The highest BCUT2D eigenvalue weighted by Crippen LogP contribution is 2.18. The van der Waals surface area contributed by atoms with E-state index >= 15 is 0 Å². The summed E-state index contributed by atoms with van der Waals surface area (Å²) in [6.45, 7) is 2.38. The third kappa shape index (κ3) is 4.00. The Morgan fingerprint density at radius 3 is 2.71 bits per heavy atom. The standard InChI is InChI=1S/C22H18ClN3O2/c1-15-4-3-11-26-13-19(24-21(15)26)14-28-20-9-7-16(8-10-20)22(27)25-18-6-2-5-17(23)12-18/h2-13H,14H2,1H3,(H,25,27). The van der Waals surface area contributed by atoms with Crippen LogP contribution in [0.5, 0.6) is 5.75 Å². The second-order valence-electron chi connectivity index (χ2n) is 6.43. The molecule has 0 unspecified atom stereocenters. The Balaban J connectivity index is 1.40. The van der Waals surface area contributed by atoms with Crippen LogP contribution in [0.25, 0.3) is 5.65 Å². The summed E-state index contributed by atoms with van der Waals surface area (Å²) >= 11 is 5.94. The Morgan fingerprint density at radius 1 is 1.14 bits per heavy atom. The van der Waals surface area contributed by atoms with Crippen LogP contribution in [-0.2, 0) is 6.61 Å². The quantitative estimate of drug-likeness (QED) is 0.513. The summed E-state index contributed by atoms with van der Waals surface area (Å²) in [5.41, 5.74) is 4.07. The molecule has 0 aliphatic carbocycles. The van der Waals surface area contributed by atoms with E-state index in [2.05, 4.69) is 10.3 Å². The monoisotopic (exact) mass is 391 g/mol. The summed E-state index contributed by atoms with van der Waals surface area (Å²) in [4.78, 5) is 16.9. The van der Waals surface area contributed by atoms with E-state index in [9.17, 15) is 4.79 Å². The van der Waals surface area contributed by atoms with Crippen LogP contribution in [0.3, 0.4) is 0 Å². The second-order valence-corrected chi connectivity index (χ2v) is 6.87. The van der Waals surface area contributed by atoms with Crippen LogP contribution < -0.4 is 10.1 Å². The lowest BCUT2D eigenvalue weighted by Crippen LogP contribution is -2.11. The molecule has 5 nitrogen and oxygen atoms in total. The lowest BCUT2D eigenvalue weighted by molar-refractivity contribution is 0.102. The zero-order chi connectivity index (χ0) is 19.5. The Labute approximate surface area is 167 Å². The fourth-order valence-electron chi connectivity index (χ4n) is 2.90. The van der Waals surface area contributed by atoms with E-state index in [4.69, 9.17) is 16.3 Å². The van der Waals surface area contributed by atoms with Crippen molar-refractivity contribution in [2.24, 2.45) is 0 Å². The number of ether oxygens (including phenoxy) is 1. The number of aromatic nitrogens is 2. The van der Waals surface area contributed by atoms with Gasteiger partial charge in [0.25, 0.3) is 5.91 Å². The first-order valence-corrected chi connectivity index (χ1v) is 9.19. The molecule has 0 fully saturated rings. The van der Waals surface area contributed by atoms with E-state index < -0.39 is 0 Å². The highest BCUT2D eigenvalue weighted by molar-refractivity contribution is 6.30. The number of rotatable bonds is 5. The summed E-state index contributed by atoms with van der Waals surface area (Å²) in [6, 6.07) is 18.0. The third-order valence-electron chi connectivity index (χ3n) is 4.31. The van der Waals surface area contributed by atoms with Gasteiger partial charge in [0.1, 0.15) is 18.0 Å². The van der Waals surface area contributed by atoms with Gasteiger partial charge < -0.3 is 14.5 Å². The molecule has 0 saturated heterocycles. The topological polar surface area (TPSA) is 55.6 Å². The molecule has 1 N–H and O–H groups in total. The van der Waals surface area contributed by atoms with Crippen LogP contribution in [0.15, 0.2) is 73.1 Å². The molecule has 6 heteroatoms. The number of nitrogens with one attached hydrogen (secondary N) is 1. The van der Waals surface area contributed by atoms with Gasteiger partial charge in [-0.2, -0.15) is 0 Å². The van der Waals surface area contributed by atoms with Crippen molar-refractivity contribution in [3.8, 4) is 5.75 Å². The average Bonchev–Trinajstić information content (AvgIpc) is 3.11. The first-order chi connectivity index (χ1) is 13.6. The molecule has 2 aromatic carbocycles. The first-order valence-electron chi connectivity index (χ1n) is 8.81. The molecule has 0 aliphatic rings. The zero-order valence-corrected chi connectivity index (χ0v) is 16.0. The third-order valence-corrected chi connectivity index (χ3v) is 4.55. The van der Waals surface area contributed by atoms with Crippen molar-refractivity contribution >= 4 is 28.8 Å². The smallest absolute Gasteiger partial charge is 0.255 e. The molecule has 140 valence electrons. The maximum atomic E-state index is 12.3. The first kappa shape index (κ1) is 18.1. The number of benzene rings is 2. The van der Waals surface area contributed by atoms with Crippen molar-refractivity contribution < 1.29 is 9.53 Å². The molecule has 4 rings (SSSR count). The Bertz CT molecular complexity index is 1140. The van der Waals surface area contributed by atoms with Gasteiger partial charge in [-0.25, -0.2) is 4.98 Å². The van der Waals surface area contributed by atoms with E-state index in [0.717, 1.165) is 16.9 Å². The molecule has 28 heavy (non-hydrogen) atoms. The number of hydrogen-bond acceptors (Lipinski definition) is 3. The van der Waals surface area contributed by atoms with Gasteiger partial charge in [0.15, 0.2) is 0 Å². The number of carbonyl (C=O) groups is 1. The van der Waals surface area contributed by atoms with E-state index in [-0.39, 0.29) is 5.91 Å². The number of carbonyl (C=O) groups excluding carboxylic acids is 1. The summed E-state index contributed by atoms with van der Waals surface area (Å²) in [6.07, 6.45) is 3.92. The molecule has 0 saturated carbocycles. The molecule has 0 radical (unpaired) electrons. The fraction of sp³-hybridized carbons (Fsp3) is 0.0909. The van der Waals surface area contributed by atoms with Gasteiger partial charge in [0, 0.05) is 28.7 Å². The highest BCUT2D eigenvalue weighted by Gasteiger charge is 2.08. The molecule has 4 aromatic rings. The predicted octanol–water partition coefficient (Wildman–Crippen LogP) is 5.13. The van der Waals surface area contributed by atoms with Crippen molar-refractivity contribution in [3.63, 3.8) is 0 Å². The summed E-state index contributed by atoms with van der Waals surface area (Å²) in [5.74, 6) is 0.470. The van der Waals surface area contributed by atoms with Crippen LogP contribution in [-0.4, -0.2) is 15.3 Å². The van der Waals surface area contributed by atoms with E-state index in [1.54, 1.807) is 48.5 Å². The largest absolute Gasteiger partial charge is 0.487 e. The number of pyridine rings is 1. The van der Waals surface area contributed by atoms with E-state index in [1.807, 2.05) is 35.9 Å². The van der Waals surface area contributed by atoms with Crippen molar-refractivity contribution in [2.45, 2.75) is 13.5 Å². The van der Waals surface area contributed by atoms with Gasteiger partial charge >= 0.3 is 0 Å². The molecule has 0 spiro atoms. The van der Waals surface area contributed by atoms with Crippen LogP contribution in [0.1, 0.15) is 21.6 Å². The van der Waals surface area contributed by atoms with Crippen LogP contribution in [0.2, 0.25) is 5.02 Å². The molecule has 2 heterocycles. The number of fused-ring (bicyclic) bond motifs is 1. The Kier molecular flexibility index (Phi) is 5.00. The van der Waals surface area contributed by atoms with Crippen LogP contribution in [0.4, 0.5) is 5.69 Å². The van der Waals surface area contributed by atoms with Crippen molar-refractivity contribution in [1.29, 1.82) is 0 Å². The number of aryl methyl sites for hydroxylation is 1. The molecule has 0 aliphatic heterocycles. The normalized spacial score (nSPS) is 10.8. The zero-order valence-electron chi connectivity index (χ0n) is 15.2. The average molecular weight is 392 g/mol. The molecular formula is C22H18ClN3O2. The van der Waals surface area contributed by atoms with Crippen LogP contribution >= 0.6 is 11.6 Å². The molecule has 0 atom stereocenters. The number of halogens is 1. The van der Waals surface area contributed by atoms with Gasteiger partial charge in [-0.1, -0.05) is 23.7 Å². The Hall–Kier alpha value is -3.31. The van der Waals surface area contributed by atoms with Crippen molar-refractivity contribution in [2.75, 3.05) is 5.32 Å². The summed E-state index contributed by atoms with van der Waals surface area (Å²) < 4.78 is 7.79. The number of anilines is 1. The summed E-state index contributed by atoms with van der Waals surface area (Å²) in [5, 5.41) is 3.39. The molecule has 0 bridgehead atoms. The minimum atomic E-state index is -0.204. The SMILES string of the molecule is Cc1cccn2cc(COc3ccc(C(=O)Nc4cccc(Cl)c4)cc3)nc12. The van der Waals surface area contributed by atoms with E-state index in [0.29, 0.717) is 28.6 Å². The van der Waals surface area contributed by atoms with Gasteiger partial charge in [-0.15, -0.1) is 0 Å².